The third-order valence-electron chi connectivity index (χ3n) is 6.19. The minimum atomic E-state index is 0.462. The SMILES string of the molecule is COc1cc2c(cc1OC)CN(C1CCC(C(C)(C)C)CC1)CC2. The number of benzene rings is 1. The Hall–Kier alpha value is -1.22. The first-order valence-corrected chi connectivity index (χ1v) is 9.40. The molecule has 2 aliphatic rings. The highest BCUT2D eigenvalue weighted by Crippen LogP contribution is 2.40. The molecular weight excluding hydrogens is 298 g/mol. The molecule has 0 bridgehead atoms. The van der Waals surface area contributed by atoms with Crippen LogP contribution in [0.1, 0.15) is 57.6 Å². The van der Waals surface area contributed by atoms with Crippen LogP contribution in [-0.4, -0.2) is 31.7 Å². The molecule has 24 heavy (non-hydrogen) atoms. The van der Waals surface area contributed by atoms with E-state index >= 15 is 0 Å². The van der Waals surface area contributed by atoms with Gasteiger partial charge in [0.2, 0.25) is 0 Å². The van der Waals surface area contributed by atoms with Gasteiger partial charge in [0.25, 0.3) is 0 Å². The van der Waals surface area contributed by atoms with Crippen LogP contribution in [0.15, 0.2) is 12.1 Å². The molecule has 134 valence electrons. The Bertz CT molecular complexity index is 568. The molecule has 1 fully saturated rings. The van der Waals surface area contributed by atoms with Gasteiger partial charge in [0.05, 0.1) is 14.2 Å². The topological polar surface area (TPSA) is 21.7 Å². The first kappa shape index (κ1) is 17.6. The highest BCUT2D eigenvalue weighted by molar-refractivity contribution is 5.48. The molecule has 0 amide bonds. The Morgan fingerprint density at radius 3 is 2.04 bits per heavy atom. The monoisotopic (exact) mass is 331 g/mol. The van der Waals surface area contributed by atoms with Crippen LogP contribution in [-0.2, 0) is 13.0 Å². The van der Waals surface area contributed by atoms with Gasteiger partial charge in [0.15, 0.2) is 11.5 Å². The molecule has 0 N–H and O–H groups in total. The van der Waals surface area contributed by atoms with Crippen molar-refractivity contribution in [2.75, 3.05) is 20.8 Å². The molecule has 1 aromatic rings. The summed E-state index contributed by atoms with van der Waals surface area (Å²) in [6.07, 6.45) is 6.58. The van der Waals surface area contributed by atoms with E-state index in [-0.39, 0.29) is 0 Å². The molecule has 1 heterocycles. The van der Waals surface area contributed by atoms with E-state index in [2.05, 4.69) is 37.8 Å². The molecule has 1 aliphatic heterocycles. The van der Waals surface area contributed by atoms with Crippen molar-refractivity contribution in [2.24, 2.45) is 11.3 Å². The number of methoxy groups -OCH3 is 2. The molecule has 0 atom stereocenters. The van der Waals surface area contributed by atoms with Crippen molar-refractivity contribution in [3.63, 3.8) is 0 Å². The third-order valence-corrected chi connectivity index (χ3v) is 6.19. The fraction of sp³-hybridized carbons (Fsp3) is 0.714. The fourth-order valence-electron chi connectivity index (χ4n) is 4.52. The van der Waals surface area contributed by atoms with Gasteiger partial charge in [-0.15, -0.1) is 0 Å². The Kier molecular flexibility index (Phi) is 5.10. The van der Waals surface area contributed by atoms with Crippen molar-refractivity contribution in [3.8, 4) is 11.5 Å². The predicted molar refractivity (Wildman–Crippen MR) is 98.9 cm³/mol. The second-order valence-electron chi connectivity index (χ2n) is 8.57. The summed E-state index contributed by atoms with van der Waals surface area (Å²) in [5.74, 6) is 2.60. The van der Waals surface area contributed by atoms with Gasteiger partial charge < -0.3 is 9.47 Å². The Morgan fingerprint density at radius 1 is 0.917 bits per heavy atom. The van der Waals surface area contributed by atoms with Crippen LogP contribution in [0, 0.1) is 11.3 Å². The molecule has 0 radical (unpaired) electrons. The summed E-state index contributed by atoms with van der Waals surface area (Å²) in [5.41, 5.74) is 3.30. The highest BCUT2D eigenvalue weighted by atomic mass is 16.5. The Morgan fingerprint density at radius 2 is 1.50 bits per heavy atom. The largest absolute Gasteiger partial charge is 0.493 e. The lowest BCUT2D eigenvalue weighted by Gasteiger charge is -2.42. The highest BCUT2D eigenvalue weighted by Gasteiger charge is 2.33. The van der Waals surface area contributed by atoms with E-state index in [9.17, 15) is 0 Å². The summed E-state index contributed by atoms with van der Waals surface area (Å²) >= 11 is 0. The van der Waals surface area contributed by atoms with Gasteiger partial charge in [-0.2, -0.15) is 0 Å². The van der Waals surface area contributed by atoms with Crippen LogP contribution in [0.5, 0.6) is 11.5 Å². The lowest BCUT2D eigenvalue weighted by molar-refractivity contribution is 0.0872. The summed E-state index contributed by atoms with van der Waals surface area (Å²) in [4.78, 5) is 2.70. The van der Waals surface area contributed by atoms with E-state index < -0.39 is 0 Å². The fourth-order valence-corrected chi connectivity index (χ4v) is 4.52. The lowest BCUT2D eigenvalue weighted by atomic mass is 9.71. The first-order valence-electron chi connectivity index (χ1n) is 9.40. The van der Waals surface area contributed by atoms with Crippen LogP contribution in [0.4, 0.5) is 0 Å². The smallest absolute Gasteiger partial charge is 0.161 e. The van der Waals surface area contributed by atoms with E-state index in [0.717, 1.165) is 36.4 Å². The number of hydrogen-bond donors (Lipinski definition) is 0. The summed E-state index contributed by atoms with van der Waals surface area (Å²) in [6.45, 7) is 9.42. The molecule has 0 aromatic heterocycles. The van der Waals surface area contributed by atoms with E-state index in [1.54, 1.807) is 14.2 Å². The molecule has 1 aromatic carbocycles. The van der Waals surface area contributed by atoms with E-state index in [1.165, 1.54) is 43.4 Å². The maximum absolute atomic E-state index is 5.49. The molecule has 3 nitrogen and oxygen atoms in total. The van der Waals surface area contributed by atoms with Crippen molar-refractivity contribution >= 4 is 0 Å². The second-order valence-corrected chi connectivity index (χ2v) is 8.57. The molecule has 0 unspecified atom stereocenters. The molecule has 1 aliphatic carbocycles. The standard InChI is InChI=1S/C21H33NO2/c1-21(2,3)17-6-8-18(9-7-17)22-11-10-15-12-19(23-4)20(24-5)13-16(15)14-22/h12-13,17-18H,6-11,14H2,1-5H3. The quantitative estimate of drug-likeness (QED) is 0.803. The summed E-state index contributed by atoms with van der Waals surface area (Å²) in [6, 6.07) is 5.10. The van der Waals surface area contributed by atoms with Gasteiger partial charge in [0, 0.05) is 19.1 Å². The maximum atomic E-state index is 5.49. The van der Waals surface area contributed by atoms with Gasteiger partial charge in [0.1, 0.15) is 0 Å². The maximum Gasteiger partial charge on any atom is 0.161 e. The van der Waals surface area contributed by atoms with Crippen LogP contribution in [0.25, 0.3) is 0 Å². The molecule has 0 saturated heterocycles. The van der Waals surface area contributed by atoms with Gasteiger partial charge >= 0.3 is 0 Å². The van der Waals surface area contributed by atoms with Gasteiger partial charge in [-0.05, 0) is 66.7 Å². The molecular formula is C21H33NO2. The second kappa shape index (κ2) is 6.95. The van der Waals surface area contributed by atoms with Gasteiger partial charge in [-0.1, -0.05) is 20.8 Å². The van der Waals surface area contributed by atoms with Crippen molar-refractivity contribution in [1.29, 1.82) is 0 Å². The summed E-state index contributed by atoms with van der Waals surface area (Å²) in [7, 11) is 3.44. The number of rotatable bonds is 3. The Labute approximate surface area is 147 Å². The van der Waals surface area contributed by atoms with Crippen molar-refractivity contribution in [1.82, 2.24) is 4.90 Å². The zero-order chi connectivity index (χ0) is 17.3. The normalized spacial score (nSPS) is 25.2. The minimum absolute atomic E-state index is 0.462. The van der Waals surface area contributed by atoms with Crippen LogP contribution in [0.3, 0.4) is 0 Å². The van der Waals surface area contributed by atoms with E-state index in [0.29, 0.717) is 5.41 Å². The van der Waals surface area contributed by atoms with Crippen LogP contribution < -0.4 is 9.47 Å². The zero-order valence-electron chi connectivity index (χ0n) is 16.0. The predicted octanol–water partition coefficient (Wildman–Crippen LogP) is 4.67. The minimum Gasteiger partial charge on any atom is -0.493 e. The zero-order valence-corrected chi connectivity index (χ0v) is 16.0. The third kappa shape index (κ3) is 3.56. The number of hydrogen-bond acceptors (Lipinski definition) is 3. The number of ether oxygens (including phenoxy) is 2. The molecule has 1 saturated carbocycles. The molecule has 0 spiro atoms. The van der Waals surface area contributed by atoms with E-state index in [4.69, 9.17) is 9.47 Å². The average molecular weight is 332 g/mol. The number of nitrogens with zero attached hydrogens (tertiary/aromatic N) is 1. The van der Waals surface area contributed by atoms with Crippen LogP contribution >= 0.6 is 0 Å². The van der Waals surface area contributed by atoms with Crippen LogP contribution in [0.2, 0.25) is 0 Å². The van der Waals surface area contributed by atoms with Crippen molar-refractivity contribution < 1.29 is 9.47 Å². The van der Waals surface area contributed by atoms with Gasteiger partial charge in [-0.25, -0.2) is 0 Å². The summed E-state index contributed by atoms with van der Waals surface area (Å²) in [5, 5.41) is 0. The average Bonchev–Trinajstić information content (AvgIpc) is 2.59. The lowest BCUT2D eigenvalue weighted by Crippen LogP contribution is -2.42. The summed E-state index contributed by atoms with van der Waals surface area (Å²) < 4.78 is 10.9. The van der Waals surface area contributed by atoms with Gasteiger partial charge in [-0.3, -0.25) is 4.90 Å². The molecule has 3 heteroatoms. The Balaban J connectivity index is 1.67. The number of fused-ring (bicyclic) bond motifs is 1. The van der Waals surface area contributed by atoms with Crippen molar-refractivity contribution in [3.05, 3.63) is 23.3 Å². The molecule has 3 rings (SSSR count). The first-order chi connectivity index (χ1) is 11.4. The van der Waals surface area contributed by atoms with E-state index in [1.807, 2.05) is 0 Å². The van der Waals surface area contributed by atoms with Crippen molar-refractivity contribution in [2.45, 2.75) is 65.5 Å².